The fraction of sp³-hybridized carbons (Fsp3) is 0.556. The van der Waals surface area contributed by atoms with E-state index in [-0.39, 0.29) is 35.8 Å². The topological polar surface area (TPSA) is 78.9 Å². The Morgan fingerprint density at radius 2 is 1.89 bits per heavy atom. The van der Waals surface area contributed by atoms with Gasteiger partial charge < -0.3 is 20.1 Å². The molecule has 0 saturated carbocycles. The van der Waals surface area contributed by atoms with Crippen LogP contribution in [0.2, 0.25) is 0 Å². The molecule has 2 saturated heterocycles. The molecule has 2 bridgehead atoms. The molecule has 0 aromatic heterocycles. The molecule has 27 heavy (non-hydrogen) atoms. The second-order valence-corrected chi connectivity index (χ2v) is 7.04. The second kappa shape index (κ2) is 7.28. The summed E-state index contributed by atoms with van der Waals surface area (Å²) in [6, 6.07) is 2.96. The third-order valence-electron chi connectivity index (χ3n) is 5.38. The molecule has 0 unspecified atom stereocenters. The minimum atomic E-state index is -4.55. The lowest BCUT2D eigenvalue weighted by atomic mass is 9.90. The van der Waals surface area contributed by atoms with Gasteiger partial charge in [-0.15, -0.1) is 0 Å². The lowest BCUT2D eigenvalue weighted by molar-refractivity contribution is -0.137. The van der Waals surface area contributed by atoms with E-state index >= 15 is 0 Å². The summed E-state index contributed by atoms with van der Waals surface area (Å²) in [6.45, 7) is 0.286. The highest BCUT2D eigenvalue weighted by atomic mass is 19.4. The predicted molar refractivity (Wildman–Crippen MR) is 90.7 cm³/mol. The number of esters is 1. The highest BCUT2D eigenvalue weighted by Crippen LogP contribution is 2.40. The molecule has 0 spiro atoms. The molecule has 2 aliphatic heterocycles. The maximum Gasteiger partial charge on any atom is 0.418 e. The van der Waals surface area contributed by atoms with Crippen LogP contribution in [-0.4, -0.2) is 47.8 Å². The number of ether oxygens (including phenoxy) is 1. The Morgan fingerprint density at radius 3 is 2.41 bits per heavy atom. The molecule has 148 valence electrons. The van der Waals surface area contributed by atoms with Crippen molar-refractivity contribution >= 4 is 17.7 Å². The van der Waals surface area contributed by atoms with Gasteiger partial charge in [-0.3, -0.25) is 0 Å². The van der Waals surface area contributed by atoms with Gasteiger partial charge in [0.15, 0.2) is 0 Å². The third kappa shape index (κ3) is 3.96. The Labute approximate surface area is 154 Å². The molecule has 2 fully saturated rings. The van der Waals surface area contributed by atoms with Gasteiger partial charge in [-0.2, -0.15) is 13.2 Å². The molecule has 1 aromatic rings. The van der Waals surface area contributed by atoms with Gasteiger partial charge in [0.25, 0.3) is 0 Å². The first-order valence-electron chi connectivity index (χ1n) is 8.75. The molecule has 6 nitrogen and oxygen atoms in total. The zero-order valence-electron chi connectivity index (χ0n) is 14.8. The molecule has 3 atom stereocenters. The zero-order chi connectivity index (χ0) is 19.8. The lowest BCUT2D eigenvalue weighted by Gasteiger charge is -2.37. The molecule has 1 amide bonds. The van der Waals surface area contributed by atoms with Crippen molar-refractivity contribution < 1.29 is 32.6 Å². The van der Waals surface area contributed by atoms with Gasteiger partial charge >= 0.3 is 18.2 Å². The maximum atomic E-state index is 13.3. The first kappa shape index (κ1) is 19.3. The summed E-state index contributed by atoms with van der Waals surface area (Å²) in [7, 11) is 1.17. The number of nitrogens with one attached hydrogen (secondary N) is 1. The first-order valence-corrected chi connectivity index (χ1v) is 8.75. The van der Waals surface area contributed by atoms with Crippen LogP contribution in [-0.2, 0) is 10.9 Å². The number of rotatable bonds is 4. The molecule has 9 heteroatoms. The van der Waals surface area contributed by atoms with Crippen LogP contribution >= 0.6 is 0 Å². The predicted octanol–water partition coefficient (Wildman–Crippen LogP) is 3.82. The number of carbonyl (C=O) groups is 2. The Kier molecular flexibility index (Phi) is 5.21. The van der Waals surface area contributed by atoms with Crippen LogP contribution in [0.4, 0.5) is 23.7 Å². The van der Waals surface area contributed by atoms with E-state index in [0.29, 0.717) is 12.8 Å². The van der Waals surface area contributed by atoms with Crippen molar-refractivity contribution in [2.45, 2.75) is 43.9 Å². The van der Waals surface area contributed by atoms with Crippen molar-refractivity contribution in [2.24, 2.45) is 5.92 Å². The standard InChI is InChI=1S/C18H21F3N2O4/c1-27-16(24)11-2-5-14(18(19,20)21)15(8-11)22-9-10-6-12-3-4-13(7-10)23(12)17(25)26/h2,5,8,10,12-13,22H,3-4,6-7,9H2,1H3,(H,25,26)/t10-,12-,13+. The van der Waals surface area contributed by atoms with Gasteiger partial charge in [0.2, 0.25) is 0 Å². The van der Waals surface area contributed by atoms with Crippen LogP contribution < -0.4 is 5.32 Å². The summed E-state index contributed by atoms with van der Waals surface area (Å²) < 4.78 is 44.4. The van der Waals surface area contributed by atoms with Gasteiger partial charge in [-0.1, -0.05) is 0 Å². The van der Waals surface area contributed by atoms with Crippen LogP contribution in [0, 0.1) is 5.92 Å². The van der Waals surface area contributed by atoms with Crippen molar-refractivity contribution in [3.8, 4) is 0 Å². The maximum absolute atomic E-state index is 13.3. The number of piperidine rings is 1. The summed E-state index contributed by atoms with van der Waals surface area (Å²) in [5, 5.41) is 12.1. The number of anilines is 1. The molecule has 0 radical (unpaired) electrons. The number of hydrogen-bond acceptors (Lipinski definition) is 4. The number of amides is 1. The second-order valence-electron chi connectivity index (χ2n) is 7.04. The van der Waals surface area contributed by atoms with E-state index in [1.54, 1.807) is 0 Å². The van der Waals surface area contributed by atoms with Crippen molar-refractivity contribution in [2.75, 3.05) is 19.0 Å². The summed E-state index contributed by atoms with van der Waals surface area (Å²) in [6.07, 6.45) is -2.67. The van der Waals surface area contributed by atoms with Crippen molar-refractivity contribution in [3.05, 3.63) is 29.3 Å². The van der Waals surface area contributed by atoms with E-state index in [9.17, 15) is 27.9 Å². The Morgan fingerprint density at radius 1 is 1.26 bits per heavy atom. The van der Waals surface area contributed by atoms with Crippen molar-refractivity contribution in [1.29, 1.82) is 0 Å². The minimum Gasteiger partial charge on any atom is -0.465 e. The first-order chi connectivity index (χ1) is 12.7. The van der Waals surface area contributed by atoms with E-state index < -0.39 is 23.8 Å². The largest absolute Gasteiger partial charge is 0.465 e. The SMILES string of the molecule is COC(=O)c1ccc(C(F)(F)F)c(NC[C@@H]2C[C@H]3CC[C@@H](C2)N3C(=O)O)c1. The van der Waals surface area contributed by atoms with Gasteiger partial charge in [-0.25, -0.2) is 9.59 Å². The molecular formula is C18H21F3N2O4. The third-order valence-corrected chi connectivity index (χ3v) is 5.38. The molecule has 3 rings (SSSR count). The van der Waals surface area contributed by atoms with E-state index in [1.807, 2.05) is 0 Å². The Balaban J connectivity index is 1.74. The molecule has 2 N–H and O–H groups in total. The van der Waals surface area contributed by atoms with Crippen LogP contribution in [0.15, 0.2) is 18.2 Å². The fourth-order valence-corrected chi connectivity index (χ4v) is 4.21. The van der Waals surface area contributed by atoms with Crippen LogP contribution in [0.5, 0.6) is 0 Å². The average Bonchev–Trinajstić information content (AvgIpc) is 2.89. The van der Waals surface area contributed by atoms with Crippen LogP contribution in [0.25, 0.3) is 0 Å². The average molecular weight is 386 g/mol. The summed E-state index contributed by atoms with van der Waals surface area (Å²) in [4.78, 5) is 24.4. The van der Waals surface area contributed by atoms with Gasteiger partial charge in [-0.05, 0) is 49.8 Å². The Hall–Kier alpha value is -2.45. The normalized spacial score (nSPS) is 24.6. The number of hydrogen-bond donors (Lipinski definition) is 2. The number of nitrogens with zero attached hydrogens (tertiary/aromatic N) is 1. The summed E-state index contributed by atoms with van der Waals surface area (Å²) in [5.74, 6) is -0.638. The number of benzene rings is 1. The van der Waals surface area contributed by atoms with E-state index in [1.165, 1.54) is 12.0 Å². The quantitative estimate of drug-likeness (QED) is 0.769. The van der Waals surface area contributed by atoms with Crippen LogP contribution in [0.1, 0.15) is 41.6 Å². The highest BCUT2D eigenvalue weighted by Gasteiger charge is 2.43. The molecular weight excluding hydrogens is 365 g/mol. The number of methoxy groups -OCH3 is 1. The van der Waals surface area contributed by atoms with Crippen molar-refractivity contribution in [3.63, 3.8) is 0 Å². The molecule has 2 aliphatic rings. The van der Waals surface area contributed by atoms with Crippen LogP contribution in [0.3, 0.4) is 0 Å². The van der Waals surface area contributed by atoms with Gasteiger partial charge in [0, 0.05) is 24.3 Å². The number of carbonyl (C=O) groups excluding carboxylic acids is 1. The fourth-order valence-electron chi connectivity index (χ4n) is 4.21. The monoisotopic (exact) mass is 386 g/mol. The van der Waals surface area contributed by atoms with Crippen molar-refractivity contribution in [1.82, 2.24) is 4.90 Å². The molecule has 1 aromatic carbocycles. The number of alkyl halides is 3. The van der Waals surface area contributed by atoms with Gasteiger partial charge in [0.05, 0.1) is 18.2 Å². The summed E-state index contributed by atoms with van der Waals surface area (Å²) in [5.41, 5.74) is -0.978. The Bertz CT molecular complexity index is 724. The van der Waals surface area contributed by atoms with Gasteiger partial charge in [0.1, 0.15) is 0 Å². The minimum absolute atomic E-state index is 0.0359. The highest BCUT2D eigenvalue weighted by molar-refractivity contribution is 5.90. The van der Waals surface area contributed by atoms with E-state index in [0.717, 1.165) is 31.0 Å². The molecule has 2 heterocycles. The number of carboxylic acid groups (broad SMARTS) is 1. The smallest absolute Gasteiger partial charge is 0.418 e. The summed E-state index contributed by atoms with van der Waals surface area (Å²) >= 11 is 0. The lowest BCUT2D eigenvalue weighted by Crippen LogP contribution is -2.47. The van der Waals surface area contributed by atoms with E-state index in [2.05, 4.69) is 10.1 Å². The number of fused-ring (bicyclic) bond motifs is 2. The number of halogens is 3. The zero-order valence-corrected chi connectivity index (χ0v) is 14.8. The van der Waals surface area contributed by atoms with E-state index in [4.69, 9.17) is 0 Å². The molecule has 0 aliphatic carbocycles.